The highest BCUT2D eigenvalue weighted by Crippen LogP contribution is 2.50. The van der Waals surface area contributed by atoms with E-state index in [1.807, 2.05) is 41.3 Å². The molecule has 0 saturated carbocycles. The topological polar surface area (TPSA) is 63.6 Å². The van der Waals surface area contributed by atoms with E-state index in [0.29, 0.717) is 25.9 Å². The van der Waals surface area contributed by atoms with Gasteiger partial charge in [-0.05, 0) is 18.2 Å². The fraction of sp³-hybridized carbons (Fsp3) is 0.417. The van der Waals surface area contributed by atoms with Gasteiger partial charge in [-0.3, -0.25) is 4.79 Å². The molecule has 2 aromatic rings. The first-order chi connectivity index (χ1) is 15.0. The minimum atomic E-state index is -0.549. The number of hydrogen-bond donors (Lipinski definition) is 0. The van der Waals surface area contributed by atoms with Crippen LogP contribution >= 0.6 is 0 Å². The predicted molar refractivity (Wildman–Crippen MR) is 117 cm³/mol. The van der Waals surface area contributed by atoms with E-state index in [2.05, 4.69) is 11.1 Å². The van der Waals surface area contributed by atoms with E-state index in [0.717, 1.165) is 40.5 Å². The Hall–Kier alpha value is -3.22. The molecule has 3 aliphatic heterocycles. The van der Waals surface area contributed by atoms with Crippen molar-refractivity contribution in [1.82, 2.24) is 9.91 Å². The third-order valence-electron chi connectivity index (χ3n) is 6.62. The van der Waals surface area contributed by atoms with E-state index in [4.69, 9.17) is 19.3 Å². The van der Waals surface area contributed by atoms with Crippen LogP contribution in [-0.4, -0.2) is 54.6 Å². The zero-order valence-electron chi connectivity index (χ0n) is 18.1. The molecule has 7 heteroatoms. The SMILES string of the molecule is COc1ccc(C2=NN3[C@H](C2)c2ccccc2OC32CCN(C(C)=O)CC2)c(OC)c1. The molecule has 31 heavy (non-hydrogen) atoms. The highest BCUT2D eigenvalue weighted by atomic mass is 16.5. The Bertz CT molecular complexity index is 1040. The zero-order chi connectivity index (χ0) is 21.6. The van der Waals surface area contributed by atoms with Gasteiger partial charge in [0.05, 0.1) is 26.0 Å². The van der Waals surface area contributed by atoms with Gasteiger partial charge in [0.25, 0.3) is 0 Å². The molecule has 3 heterocycles. The molecule has 0 radical (unpaired) electrons. The number of rotatable bonds is 3. The molecule has 0 bridgehead atoms. The number of fused-ring (bicyclic) bond motifs is 4. The fourth-order valence-corrected chi connectivity index (χ4v) is 4.93. The molecule has 2 aromatic carbocycles. The van der Waals surface area contributed by atoms with E-state index in [1.165, 1.54) is 0 Å². The normalized spacial score (nSPS) is 21.1. The molecule has 0 N–H and O–H groups in total. The van der Waals surface area contributed by atoms with Gasteiger partial charge in [0, 0.05) is 56.5 Å². The van der Waals surface area contributed by atoms with Crippen molar-refractivity contribution in [1.29, 1.82) is 0 Å². The van der Waals surface area contributed by atoms with Crippen molar-refractivity contribution in [3.63, 3.8) is 0 Å². The number of methoxy groups -OCH3 is 2. The quantitative estimate of drug-likeness (QED) is 0.758. The second-order valence-electron chi connectivity index (χ2n) is 8.27. The Morgan fingerprint density at radius 1 is 1.13 bits per heavy atom. The van der Waals surface area contributed by atoms with E-state index < -0.39 is 5.72 Å². The summed E-state index contributed by atoms with van der Waals surface area (Å²) in [5, 5.41) is 7.24. The van der Waals surface area contributed by atoms with Crippen LogP contribution in [0.2, 0.25) is 0 Å². The van der Waals surface area contributed by atoms with Crippen molar-refractivity contribution in [2.45, 2.75) is 38.0 Å². The van der Waals surface area contributed by atoms with Crippen molar-refractivity contribution in [2.75, 3.05) is 27.3 Å². The number of carbonyl (C=O) groups excluding carboxylic acids is 1. The number of hydrazone groups is 1. The molecule has 1 atom stereocenters. The van der Waals surface area contributed by atoms with E-state index in [-0.39, 0.29) is 11.9 Å². The molecule has 0 aliphatic carbocycles. The summed E-state index contributed by atoms with van der Waals surface area (Å²) in [6, 6.07) is 14.1. The van der Waals surface area contributed by atoms with Gasteiger partial charge < -0.3 is 19.1 Å². The largest absolute Gasteiger partial charge is 0.497 e. The van der Waals surface area contributed by atoms with Crippen molar-refractivity contribution in [3.8, 4) is 17.2 Å². The smallest absolute Gasteiger partial charge is 0.219 e. The number of carbonyl (C=O) groups is 1. The van der Waals surface area contributed by atoms with Crippen LogP contribution in [0.5, 0.6) is 17.2 Å². The first kappa shape index (κ1) is 19.7. The van der Waals surface area contributed by atoms with Crippen molar-refractivity contribution in [2.24, 2.45) is 5.10 Å². The van der Waals surface area contributed by atoms with Crippen molar-refractivity contribution >= 4 is 11.6 Å². The van der Waals surface area contributed by atoms with Crippen molar-refractivity contribution < 1.29 is 19.0 Å². The first-order valence-corrected chi connectivity index (χ1v) is 10.7. The fourth-order valence-electron chi connectivity index (χ4n) is 4.93. The maximum Gasteiger partial charge on any atom is 0.219 e. The Labute approximate surface area is 182 Å². The third kappa shape index (κ3) is 3.19. The summed E-state index contributed by atoms with van der Waals surface area (Å²) in [6.45, 7) is 2.95. The number of benzene rings is 2. The molecule has 162 valence electrons. The molecule has 5 rings (SSSR count). The van der Waals surface area contributed by atoms with Gasteiger partial charge in [0.1, 0.15) is 17.2 Å². The number of hydrogen-bond acceptors (Lipinski definition) is 6. The molecule has 1 saturated heterocycles. The van der Waals surface area contributed by atoms with Gasteiger partial charge in [0.2, 0.25) is 11.6 Å². The van der Waals surface area contributed by atoms with Crippen LogP contribution in [0.25, 0.3) is 0 Å². The maximum absolute atomic E-state index is 11.9. The Balaban J connectivity index is 1.55. The molecular weight excluding hydrogens is 394 g/mol. The molecule has 7 nitrogen and oxygen atoms in total. The average molecular weight is 421 g/mol. The minimum absolute atomic E-state index is 0.0932. The summed E-state index contributed by atoms with van der Waals surface area (Å²) in [6.07, 6.45) is 2.20. The molecular formula is C24H27N3O4. The molecule has 1 spiro atoms. The van der Waals surface area contributed by atoms with Gasteiger partial charge in [-0.2, -0.15) is 5.10 Å². The summed E-state index contributed by atoms with van der Waals surface area (Å²) in [4.78, 5) is 13.8. The van der Waals surface area contributed by atoms with E-state index >= 15 is 0 Å². The third-order valence-corrected chi connectivity index (χ3v) is 6.62. The van der Waals surface area contributed by atoms with Gasteiger partial charge in [0.15, 0.2) is 0 Å². The standard InChI is InChI=1S/C24H27N3O4/c1-16(28)26-12-10-24(11-13-26)27-21(19-6-4-5-7-22(19)31-24)15-20(25-27)18-9-8-17(29-2)14-23(18)30-3/h4-9,14,21H,10-13,15H2,1-3H3/t21-/m1/s1. The summed E-state index contributed by atoms with van der Waals surface area (Å²) in [7, 11) is 3.31. The van der Waals surface area contributed by atoms with Crippen molar-refractivity contribution in [3.05, 3.63) is 53.6 Å². The summed E-state index contributed by atoms with van der Waals surface area (Å²) >= 11 is 0. The average Bonchev–Trinajstić information content (AvgIpc) is 3.25. The number of amides is 1. The lowest BCUT2D eigenvalue weighted by Gasteiger charge is -2.51. The van der Waals surface area contributed by atoms with E-state index in [1.54, 1.807) is 21.1 Å². The number of likely N-dealkylation sites (tertiary alicyclic amines) is 1. The van der Waals surface area contributed by atoms with Gasteiger partial charge >= 0.3 is 0 Å². The van der Waals surface area contributed by atoms with Crippen LogP contribution in [0, 0.1) is 0 Å². The lowest BCUT2D eigenvalue weighted by atomic mass is 9.90. The van der Waals surface area contributed by atoms with Gasteiger partial charge in [-0.1, -0.05) is 18.2 Å². The molecule has 1 amide bonds. The second kappa shape index (κ2) is 7.48. The van der Waals surface area contributed by atoms with Gasteiger partial charge in [-0.15, -0.1) is 0 Å². The maximum atomic E-state index is 11.9. The molecule has 1 fully saturated rings. The lowest BCUT2D eigenvalue weighted by molar-refractivity contribution is -0.158. The highest BCUT2D eigenvalue weighted by molar-refractivity contribution is 6.04. The molecule has 3 aliphatic rings. The van der Waals surface area contributed by atoms with Crippen LogP contribution < -0.4 is 14.2 Å². The summed E-state index contributed by atoms with van der Waals surface area (Å²) in [5.41, 5.74) is 2.53. The Morgan fingerprint density at radius 3 is 2.61 bits per heavy atom. The zero-order valence-corrected chi connectivity index (χ0v) is 18.1. The summed E-state index contributed by atoms with van der Waals surface area (Å²) < 4.78 is 17.6. The Morgan fingerprint density at radius 2 is 1.90 bits per heavy atom. The molecule has 0 aromatic heterocycles. The van der Waals surface area contributed by atoms with Crippen LogP contribution in [0.15, 0.2) is 47.6 Å². The summed E-state index contributed by atoms with van der Waals surface area (Å²) in [5.74, 6) is 2.51. The lowest BCUT2D eigenvalue weighted by Crippen LogP contribution is -2.59. The monoisotopic (exact) mass is 421 g/mol. The number of nitrogens with zero attached hydrogens (tertiary/aromatic N) is 3. The highest BCUT2D eigenvalue weighted by Gasteiger charge is 2.52. The number of piperidine rings is 1. The Kier molecular flexibility index (Phi) is 4.76. The first-order valence-electron chi connectivity index (χ1n) is 10.7. The minimum Gasteiger partial charge on any atom is -0.497 e. The van der Waals surface area contributed by atoms with Crippen LogP contribution in [0.4, 0.5) is 0 Å². The predicted octanol–water partition coefficient (Wildman–Crippen LogP) is 3.59. The van der Waals surface area contributed by atoms with Crippen LogP contribution in [-0.2, 0) is 4.79 Å². The van der Waals surface area contributed by atoms with E-state index in [9.17, 15) is 4.79 Å². The number of ether oxygens (including phenoxy) is 3. The van der Waals surface area contributed by atoms with Crippen LogP contribution in [0.1, 0.15) is 43.4 Å². The second-order valence-corrected chi connectivity index (χ2v) is 8.27. The number of para-hydroxylation sites is 1. The van der Waals surface area contributed by atoms with Crippen LogP contribution in [0.3, 0.4) is 0 Å². The van der Waals surface area contributed by atoms with Gasteiger partial charge in [-0.25, -0.2) is 5.01 Å². The molecule has 0 unspecified atom stereocenters.